The van der Waals surface area contributed by atoms with Crippen LogP contribution in [0.3, 0.4) is 0 Å². The van der Waals surface area contributed by atoms with E-state index >= 15 is 24.0 Å². The molecule has 3 aromatic carbocycles. The van der Waals surface area contributed by atoms with E-state index in [-0.39, 0.29) is 75.7 Å². The molecule has 0 aromatic heterocycles. The second-order valence-corrected chi connectivity index (χ2v) is 33.6. The van der Waals surface area contributed by atoms with Gasteiger partial charge in [0.05, 0.1) is 25.0 Å². The van der Waals surface area contributed by atoms with Crippen LogP contribution in [0.2, 0.25) is 0 Å². The summed E-state index contributed by atoms with van der Waals surface area (Å²) < 4.78 is 40.7. The molecule has 35 N–H and O–H groups in total. The highest BCUT2D eigenvalue weighted by atomic mass is 31.2. The highest BCUT2D eigenvalue weighted by molar-refractivity contribution is 7.51. The van der Waals surface area contributed by atoms with Gasteiger partial charge in [-0.25, -0.2) is 32.5 Å². The zero-order chi connectivity index (χ0) is 96.5. The Hall–Kier alpha value is -12.1. The molecule has 0 aliphatic heterocycles. The molecule has 0 unspecified atom stereocenters. The van der Waals surface area contributed by atoms with Gasteiger partial charge in [-0.05, 0) is 131 Å². The lowest BCUT2D eigenvalue weighted by Gasteiger charge is -2.39. The molecule has 0 spiro atoms. The molecule has 15 atom stereocenters. The van der Waals surface area contributed by atoms with Crippen molar-refractivity contribution in [2.45, 2.75) is 209 Å². The lowest BCUT2D eigenvalue weighted by molar-refractivity contribution is -0.147. The summed E-state index contributed by atoms with van der Waals surface area (Å²) >= 11 is 0. The first-order valence-corrected chi connectivity index (χ1v) is 43.5. The van der Waals surface area contributed by atoms with Gasteiger partial charge in [-0.1, -0.05) is 56.7 Å². The number of carboxylic acid groups (broad SMARTS) is 4. The van der Waals surface area contributed by atoms with Crippen LogP contribution in [-0.2, 0) is 105 Å². The number of phenols is 3. The topological polar surface area (TPSA) is 893 Å². The monoisotopic (exact) mass is 1860 g/mol. The Morgan fingerprint density at radius 3 is 1.11 bits per heavy atom. The average molecular weight is 1860 g/mol. The highest BCUT2D eigenvalue weighted by Crippen LogP contribution is 2.49. The molecule has 3 aromatic rings. The van der Waals surface area contributed by atoms with Crippen molar-refractivity contribution in [1.82, 2.24) is 67.2 Å². The van der Waals surface area contributed by atoms with E-state index in [1.807, 2.05) is 10.6 Å². The zero-order valence-electron chi connectivity index (χ0n) is 68.9. The van der Waals surface area contributed by atoms with E-state index in [2.05, 4.69) is 37.2 Å². The Balaban J connectivity index is 2.34. The number of rotatable bonds is 55. The van der Waals surface area contributed by atoms with Gasteiger partial charge in [-0.15, -0.1) is 0 Å². The van der Waals surface area contributed by atoms with Crippen LogP contribution >= 0.6 is 23.2 Å². The smallest absolute Gasteiger partial charge is 0.433 e. The van der Waals surface area contributed by atoms with Crippen molar-refractivity contribution in [3.8, 4) is 17.2 Å². The number of carbonyl (C=O) groups is 15. The van der Waals surface area contributed by atoms with Crippen LogP contribution in [0, 0.1) is 16.7 Å². The van der Waals surface area contributed by atoms with Crippen molar-refractivity contribution in [3.05, 3.63) is 89.5 Å². The summed E-state index contributed by atoms with van der Waals surface area (Å²) in [6.45, 7) is 4.15. The van der Waals surface area contributed by atoms with Crippen LogP contribution in [-0.4, -0.2) is 294 Å². The Bertz CT molecular complexity index is 4520. The minimum Gasteiger partial charge on any atom is -0.508 e. The number of carboxylic acids is 4. The summed E-state index contributed by atoms with van der Waals surface area (Å²) in [5, 5.41) is 129. The number of hydrogen-bond acceptors (Lipinski definition) is 27. The van der Waals surface area contributed by atoms with E-state index in [1.165, 1.54) is 13.8 Å². The number of nitrogens with one attached hydrogen (secondary N) is 12. The number of amides is 11. The summed E-state index contributed by atoms with van der Waals surface area (Å²) in [6.07, 6.45) is -14.3. The third-order valence-corrected chi connectivity index (χ3v) is 22.2. The van der Waals surface area contributed by atoms with E-state index in [0.717, 1.165) is 79.7 Å². The minimum atomic E-state index is -6.80. The first kappa shape index (κ1) is 109. The number of aliphatic carboxylic acids is 4. The zero-order valence-corrected chi connectivity index (χ0v) is 71.5. The first-order valence-electron chi connectivity index (χ1n) is 38.8. The van der Waals surface area contributed by atoms with Crippen molar-refractivity contribution in [1.29, 1.82) is 10.8 Å². The van der Waals surface area contributed by atoms with Crippen LogP contribution in [0.15, 0.2) is 72.8 Å². The molecular formula is C72H110N19O33P3. The number of aliphatic hydroxyl groups excluding tert-OH is 2. The number of aromatic hydroxyl groups is 3. The first-order chi connectivity index (χ1) is 59.0. The molecule has 0 saturated heterocycles. The van der Waals surface area contributed by atoms with Crippen molar-refractivity contribution >= 4 is 124 Å². The quantitative estimate of drug-likeness (QED) is 0.0108. The lowest BCUT2D eigenvalue weighted by Crippen LogP contribution is -2.63. The Morgan fingerprint density at radius 1 is 0.402 bits per heavy atom. The fourth-order valence-corrected chi connectivity index (χ4v) is 15.1. The van der Waals surface area contributed by atoms with E-state index in [1.54, 1.807) is 5.32 Å². The van der Waals surface area contributed by atoms with Gasteiger partial charge in [0.25, 0.3) is 17.7 Å². The van der Waals surface area contributed by atoms with E-state index in [9.17, 15) is 137 Å². The number of phenolic OH excluding ortho intramolecular Hbond substituents is 3. The molecule has 11 amide bonds. The Kier molecular flexibility index (Phi) is 43.8. The summed E-state index contributed by atoms with van der Waals surface area (Å²) in [5.74, 6) is -30.5. The molecule has 706 valence electrons. The van der Waals surface area contributed by atoms with Gasteiger partial charge in [0.1, 0.15) is 89.8 Å². The van der Waals surface area contributed by atoms with E-state index < -0.39 is 303 Å². The summed E-state index contributed by atoms with van der Waals surface area (Å²) in [4.78, 5) is 279. The van der Waals surface area contributed by atoms with Gasteiger partial charge < -0.3 is 151 Å². The predicted octanol–water partition coefficient (Wildman–Crippen LogP) is -6.73. The molecule has 0 aliphatic carbocycles. The van der Waals surface area contributed by atoms with Gasteiger partial charge in [0.2, 0.25) is 47.3 Å². The van der Waals surface area contributed by atoms with Crippen LogP contribution in [0.1, 0.15) is 121 Å². The minimum absolute atomic E-state index is 0.0762. The Labute approximate surface area is 724 Å². The molecule has 127 heavy (non-hydrogen) atoms. The van der Waals surface area contributed by atoms with Crippen LogP contribution < -0.4 is 76.1 Å². The maximum Gasteiger partial charge on any atom is 0.433 e. The molecule has 3 rings (SSSR count). The third kappa shape index (κ3) is 36.4. The van der Waals surface area contributed by atoms with Crippen molar-refractivity contribution < 1.29 is 161 Å². The number of benzene rings is 3. The highest BCUT2D eigenvalue weighted by Gasteiger charge is 2.53. The maximum absolute atomic E-state index is 15.7. The molecule has 0 bridgehead atoms. The number of hydrogen-bond donors (Lipinski definition) is 31. The van der Waals surface area contributed by atoms with Crippen molar-refractivity contribution in [3.63, 3.8) is 0 Å². The molecule has 0 aliphatic rings. The molecule has 0 fully saturated rings. The average Bonchev–Trinajstić information content (AvgIpc) is 0.766. The van der Waals surface area contributed by atoms with Gasteiger partial charge >= 0.3 is 47.1 Å². The molecule has 55 heteroatoms. The number of nitrogens with two attached hydrogens (primary N) is 4. The maximum atomic E-state index is 15.7. The lowest BCUT2D eigenvalue weighted by atomic mass is 9.96. The number of aliphatic hydroxyl groups is 2. The van der Waals surface area contributed by atoms with Gasteiger partial charge in [-0.3, -0.25) is 77.9 Å². The summed E-state index contributed by atoms with van der Waals surface area (Å²) in [5.41, 5.74) is 21.3. The fraction of sp³-hybridized carbons (Fsp3) is 0.514. The second-order valence-electron chi connectivity index (χ2n) is 29.2. The molecule has 0 saturated carbocycles. The molecular weight excluding hydrogens is 1750 g/mol. The summed E-state index contributed by atoms with van der Waals surface area (Å²) in [7, 11) is -19.9. The number of unbranched alkanes of at least 4 members (excludes halogenated alkanes) is 1. The normalized spacial score (nSPS) is 15.1. The van der Waals surface area contributed by atoms with Gasteiger partial charge in [0, 0.05) is 38.8 Å². The SMILES string of the molecule is CC[C@H](C)[C@H](NC(=O)[C@H](CC(=O)O)NC(=O)[C@H](CCCNC(=N)N)NC(=O)[C@@H](N)[C@@H](C)O)C(=O)N([C@@H](Cc1ccc(O)cc1)C(=O)N[C@@H](CCC(=O)O)C(=O)N[C@H](C(=O)N[C@@H](CC(=O)O)C(=O)N([C@@H](Cc1ccc(O)cc1)C(=O)N([C@@H](Cc1ccc(O)cc1)C(=O)N[C@@H](CCCNC(=N)N)C(=O)N[C@@H](CCCCN)C(=O)O)P(=O)(O)O)P(=O)(O)O)[C@@H](C)O)P(=O)(O)O. The van der Waals surface area contributed by atoms with Crippen LogP contribution in [0.4, 0.5) is 0 Å². The van der Waals surface area contributed by atoms with Crippen molar-refractivity contribution in [2.75, 3.05) is 19.6 Å². The number of nitrogens with zero attached hydrogens (tertiary/aromatic N) is 3. The largest absolute Gasteiger partial charge is 0.508 e. The predicted molar refractivity (Wildman–Crippen MR) is 440 cm³/mol. The fourth-order valence-electron chi connectivity index (χ4n) is 12.3. The van der Waals surface area contributed by atoms with E-state index in [4.69, 9.17) is 33.8 Å². The number of carbonyl (C=O) groups excluding carboxylic acids is 11. The van der Waals surface area contributed by atoms with Gasteiger partial charge in [-0.2, -0.15) is 0 Å². The van der Waals surface area contributed by atoms with Crippen molar-refractivity contribution in [2.24, 2.45) is 28.9 Å². The third-order valence-electron chi connectivity index (χ3n) is 19.1. The molecule has 0 heterocycles. The molecule has 0 radical (unpaired) electrons. The van der Waals surface area contributed by atoms with Crippen LogP contribution in [0.5, 0.6) is 17.2 Å². The molecule has 52 nitrogen and oxygen atoms in total. The second kappa shape index (κ2) is 50.9. The van der Waals surface area contributed by atoms with Crippen LogP contribution in [0.25, 0.3) is 0 Å². The standard InChI is InChI=1S/C72H110N19O33P3/c1-5-35(2)57(87-62(106)48(33-54(99)100)85-60(104)45(12-9-29-80-72(77)78)83-65(109)56(74)36(3)92)69(113)90(126(119,120)121)51(31-39-15-21-42(95)22-16-39)64(108)82-46(25-26-53(97)98)61(105)88-58(37(4)93)66(110)86-49(34-55(101)102)67(111)91(127(122,123)124)52(32-40-17-23-43(96)24-18-40)68(112)89(125(116,117)118)50(30-38-13-19-41(94)20-14-38)63(107)81-44(11-8-28-79-71(75)76)59(103)84-47(70(114)115)10-6-7-27-73/h13-24,35-37,44-52,56-58,92-96H,5-12,25-34,73-74H2,1-4H3,(H,81,107)(H,82,108)(H,83,109)(H,84,103)(H,85,104)(H,86,110)(H,87,106)(H,88,105)(H,97,98)(H,99,100)(H,101,102)(H,114,115)(H4,75,76,79)(H4,77,78,80)(H2,116,117,118)(H2,119,120,121)(H2,122,123,124)/t35-,36+,37+,44-,45-,46-,47-,48-,49-,50-,51-,52-,56-,57-,58-/m0/s1. The van der Waals surface area contributed by atoms with Gasteiger partial charge in [0.15, 0.2) is 11.9 Å². The van der Waals surface area contributed by atoms with E-state index in [0.29, 0.717) is 6.92 Å². The number of guanidine groups is 2. The Morgan fingerprint density at radius 2 is 0.740 bits per heavy atom. The summed E-state index contributed by atoms with van der Waals surface area (Å²) in [6, 6.07) is -16.8.